The minimum atomic E-state index is -0.432. The molecule has 0 saturated carbocycles. The number of nitrogens with zero attached hydrogens (tertiary/aromatic N) is 4. The van der Waals surface area contributed by atoms with E-state index in [9.17, 15) is 4.79 Å². The minimum absolute atomic E-state index is 0.109. The number of fused-ring (bicyclic) bond motifs is 1. The average Bonchev–Trinajstić information content (AvgIpc) is 3.27. The molecule has 4 rings (SSSR count). The van der Waals surface area contributed by atoms with Crippen LogP contribution in [-0.2, 0) is 13.1 Å². The lowest BCUT2D eigenvalue weighted by Crippen LogP contribution is -2.47. The molecule has 0 spiro atoms. The van der Waals surface area contributed by atoms with Crippen molar-refractivity contribution in [1.29, 1.82) is 0 Å². The van der Waals surface area contributed by atoms with Crippen LogP contribution in [0, 0.1) is 0 Å². The van der Waals surface area contributed by atoms with Gasteiger partial charge in [-0.15, -0.1) is 11.3 Å². The third kappa shape index (κ3) is 5.73. The molecule has 6 nitrogen and oxygen atoms in total. The second-order valence-corrected chi connectivity index (χ2v) is 10.6. The Morgan fingerprint density at radius 1 is 1.12 bits per heavy atom. The topological polar surface area (TPSA) is 77.0 Å². The molecule has 0 bridgehead atoms. The van der Waals surface area contributed by atoms with E-state index in [1.54, 1.807) is 10.1 Å². The van der Waals surface area contributed by atoms with Crippen LogP contribution >= 0.6 is 22.9 Å². The van der Waals surface area contributed by atoms with Crippen molar-refractivity contribution in [2.45, 2.75) is 51.9 Å². The molecule has 2 aromatic heterocycles. The Hall–Kier alpha value is -2.58. The minimum Gasteiger partial charge on any atom is -0.324 e. The molecular formula is C26H30ClN5OS. The molecule has 0 aliphatic rings. The molecule has 0 radical (unpaired) electrons. The van der Waals surface area contributed by atoms with E-state index >= 15 is 0 Å². The molecule has 1 unspecified atom stereocenters. The molecule has 1 atom stereocenters. The molecule has 8 heteroatoms. The SMILES string of the molecule is CCC(c1nc2scnc2c(=O)n1Cc1ccccc1)N(Cc1ccc(Cl)cc1)CC(C)(C)N. The Kier molecular flexibility index (Phi) is 7.48. The molecule has 0 amide bonds. The van der Waals surface area contributed by atoms with Crippen LogP contribution in [0.25, 0.3) is 10.3 Å². The number of halogens is 1. The van der Waals surface area contributed by atoms with Crippen molar-refractivity contribution in [3.63, 3.8) is 0 Å². The maximum Gasteiger partial charge on any atom is 0.281 e. The van der Waals surface area contributed by atoms with E-state index in [-0.39, 0.29) is 11.6 Å². The van der Waals surface area contributed by atoms with E-state index < -0.39 is 5.54 Å². The number of nitrogens with two attached hydrogens (primary N) is 1. The van der Waals surface area contributed by atoms with Gasteiger partial charge in [0.15, 0.2) is 10.3 Å². The first-order valence-electron chi connectivity index (χ1n) is 11.4. The maximum atomic E-state index is 13.5. The van der Waals surface area contributed by atoms with E-state index in [1.165, 1.54) is 11.3 Å². The standard InChI is InChI=1S/C26H30ClN5OS/c1-4-21(31(16-26(2,3)28)14-19-10-12-20(27)13-11-19)23-30-24-22(29-17-34-24)25(33)32(23)15-18-8-6-5-7-9-18/h5-13,17,21H,4,14-16,28H2,1-3H3. The van der Waals surface area contributed by atoms with Gasteiger partial charge < -0.3 is 5.73 Å². The summed E-state index contributed by atoms with van der Waals surface area (Å²) in [5.74, 6) is 0.742. The van der Waals surface area contributed by atoms with E-state index in [4.69, 9.17) is 22.3 Å². The molecule has 2 N–H and O–H groups in total. The molecule has 178 valence electrons. The van der Waals surface area contributed by atoms with Gasteiger partial charge in [0.25, 0.3) is 5.56 Å². The van der Waals surface area contributed by atoms with Gasteiger partial charge in [0.2, 0.25) is 0 Å². The molecule has 4 aromatic rings. The van der Waals surface area contributed by atoms with E-state index in [0.717, 1.165) is 23.4 Å². The van der Waals surface area contributed by atoms with Crippen LogP contribution in [0.1, 0.15) is 50.2 Å². The summed E-state index contributed by atoms with van der Waals surface area (Å²) in [7, 11) is 0. The third-order valence-electron chi connectivity index (χ3n) is 5.71. The fourth-order valence-corrected chi connectivity index (χ4v) is 5.05. The van der Waals surface area contributed by atoms with Crippen molar-refractivity contribution < 1.29 is 0 Å². The molecule has 2 aromatic carbocycles. The van der Waals surface area contributed by atoms with Gasteiger partial charge in [-0.1, -0.05) is 61.0 Å². The van der Waals surface area contributed by atoms with Crippen LogP contribution in [-0.4, -0.2) is 31.5 Å². The normalized spacial score (nSPS) is 13.0. The predicted molar refractivity (Wildman–Crippen MR) is 140 cm³/mol. The summed E-state index contributed by atoms with van der Waals surface area (Å²) in [6, 6.07) is 17.7. The zero-order valence-electron chi connectivity index (χ0n) is 19.7. The van der Waals surface area contributed by atoms with Crippen molar-refractivity contribution in [2.24, 2.45) is 5.73 Å². The highest BCUT2D eigenvalue weighted by atomic mass is 35.5. The zero-order valence-corrected chi connectivity index (χ0v) is 21.3. The number of hydrogen-bond donors (Lipinski definition) is 1. The smallest absolute Gasteiger partial charge is 0.281 e. The summed E-state index contributed by atoms with van der Waals surface area (Å²) in [6.45, 7) is 7.90. The van der Waals surface area contributed by atoms with Crippen LogP contribution in [0.2, 0.25) is 5.02 Å². The number of thiazole rings is 1. The largest absolute Gasteiger partial charge is 0.324 e. The lowest BCUT2D eigenvalue weighted by atomic mass is 10.0. The van der Waals surface area contributed by atoms with Crippen LogP contribution in [0.15, 0.2) is 64.9 Å². The van der Waals surface area contributed by atoms with Gasteiger partial charge >= 0.3 is 0 Å². The maximum absolute atomic E-state index is 13.5. The summed E-state index contributed by atoms with van der Waals surface area (Å²) in [6.07, 6.45) is 0.773. The van der Waals surface area contributed by atoms with Gasteiger partial charge in [-0.05, 0) is 43.5 Å². The second kappa shape index (κ2) is 10.4. The Bertz CT molecular complexity index is 1300. The van der Waals surface area contributed by atoms with Crippen molar-refractivity contribution in [3.05, 3.63) is 92.4 Å². The first kappa shape index (κ1) is 24.5. The Balaban J connectivity index is 1.82. The monoisotopic (exact) mass is 495 g/mol. The zero-order chi connectivity index (χ0) is 24.3. The summed E-state index contributed by atoms with van der Waals surface area (Å²) >= 11 is 7.51. The van der Waals surface area contributed by atoms with Crippen molar-refractivity contribution in [1.82, 2.24) is 19.4 Å². The van der Waals surface area contributed by atoms with Gasteiger partial charge in [0.05, 0.1) is 18.1 Å². The number of hydrogen-bond acceptors (Lipinski definition) is 6. The second-order valence-electron chi connectivity index (χ2n) is 9.30. The number of benzene rings is 2. The average molecular weight is 496 g/mol. The summed E-state index contributed by atoms with van der Waals surface area (Å²) in [4.78, 5) is 25.8. The van der Waals surface area contributed by atoms with E-state index in [2.05, 4.69) is 16.8 Å². The molecule has 0 saturated heterocycles. The molecular weight excluding hydrogens is 466 g/mol. The summed E-state index contributed by atoms with van der Waals surface area (Å²) < 4.78 is 1.78. The van der Waals surface area contributed by atoms with Crippen LogP contribution in [0.4, 0.5) is 0 Å². The van der Waals surface area contributed by atoms with Crippen molar-refractivity contribution in [3.8, 4) is 0 Å². The first-order chi connectivity index (χ1) is 16.2. The number of rotatable bonds is 9. The van der Waals surface area contributed by atoms with Gasteiger partial charge in [-0.25, -0.2) is 9.97 Å². The lowest BCUT2D eigenvalue weighted by molar-refractivity contribution is 0.141. The van der Waals surface area contributed by atoms with Gasteiger partial charge in [0.1, 0.15) is 5.82 Å². The molecule has 2 heterocycles. The quantitative estimate of drug-likeness (QED) is 0.343. The lowest BCUT2D eigenvalue weighted by Gasteiger charge is -2.36. The Morgan fingerprint density at radius 3 is 2.47 bits per heavy atom. The van der Waals surface area contributed by atoms with Gasteiger partial charge in [0, 0.05) is 23.7 Å². The molecule has 0 aliphatic carbocycles. The molecule has 0 fully saturated rings. The highest BCUT2D eigenvalue weighted by molar-refractivity contribution is 7.16. The fourth-order valence-electron chi connectivity index (χ4n) is 4.26. The molecule has 34 heavy (non-hydrogen) atoms. The summed E-state index contributed by atoms with van der Waals surface area (Å²) in [5.41, 5.74) is 10.2. The van der Waals surface area contributed by atoms with Gasteiger partial charge in [-0.3, -0.25) is 14.3 Å². The van der Waals surface area contributed by atoms with E-state index in [1.807, 2.05) is 68.4 Å². The van der Waals surface area contributed by atoms with Gasteiger partial charge in [-0.2, -0.15) is 0 Å². The Morgan fingerprint density at radius 2 is 1.82 bits per heavy atom. The highest BCUT2D eigenvalue weighted by Gasteiger charge is 2.29. The summed E-state index contributed by atoms with van der Waals surface area (Å²) in [5, 5.41) is 0.704. The Labute approximate surface area is 209 Å². The predicted octanol–water partition coefficient (Wildman–Crippen LogP) is 5.25. The molecule has 0 aliphatic heterocycles. The van der Waals surface area contributed by atoms with Crippen LogP contribution in [0.5, 0.6) is 0 Å². The van der Waals surface area contributed by atoms with E-state index in [0.29, 0.717) is 35.0 Å². The third-order valence-corrected chi connectivity index (χ3v) is 6.68. The number of aromatic nitrogens is 3. The highest BCUT2D eigenvalue weighted by Crippen LogP contribution is 2.28. The first-order valence-corrected chi connectivity index (χ1v) is 12.7. The van der Waals surface area contributed by atoms with Crippen LogP contribution in [0.3, 0.4) is 0 Å². The fraction of sp³-hybridized carbons (Fsp3) is 0.346. The van der Waals surface area contributed by atoms with Crippen molar-refractivity contribution >= 4 is 33.3 Å². The van der Waals surface area contributed by atoms with Crippen LogP contribution < -0.4 is 11.3 Å². The van der Waals surface area contributed by atoms with Crippen molar-refractivity contribution in [2.75, 3.05) is 6.54 Å².